The molecule has 4 nitrogen and oxygen atoms in total. The highest BCUT2D eigenvalue weighted by atomic mass is 35.5. The molecule has 2 amide bonds. The van der Waals surface area contributed by atoms with Crippen LogP contribution in [0.1, 0.15) is 48.9 Å². The van der Waals surface area contributed by atoms with Gasteiger partial charge in [0.2, 0.25) is 11.8 Å². The van der Waals surface area contributed by atoms with E-state index in [0.717, 1.165) is 23.1 Å². The van der Waals surface area contributed by atoms with Crippen LogP contribution in [0.4, 0.5) is 0 Å². The number of amides is 2. The lowest BCUT2D eigenvalue weighted by atomic mass is 10.0. The summed E-state index contributed by atoms with van der Waals surface area (Å²) in [6, 6.07) is 24.9. The molecule has 3 aromatic rings. The Morgan fingerprint density at radius 1 is 0.914 bits per heavy atom. The van der Waals surface area contributed by atoms with Gasteiger partial charge in [-0.15, -0.1) is 0 Å². The number of nitrogens with zero attached hydrogens (tertiary/aromatic N) is 1. The van der Waals surface area contributed by atoms with Crippen LogP contribution in [-0.2, 0) is 29.0 Å². The Balaban J connectivity index is 1.91. The summed E-state index contributed by atoms with van der Waals surface area (Å²) in [5.74, 6) is -0.204. The zero-order valence-corrected chi connectivity index (χ0v) is 21.6. The fourth-order valence-corrected chi connectivity index (χ4v) is 4.15. The van der Waals surface area contributed by atoms with Crippen LogP contribution in [0.2, 0.25) is 5.02 Å². The van der Waals surface area contributed by atoms with Gasteiger partial charge in [-0.25, -0.2) is 0 Å². The topological polar surface area (TPSA) is 49.4 Å². The summed E-state index contributed by atoms with van der Waals surface area (Å²) in [5, 5.41) is 3.69. The Kier molecular flexibility index (Phi) is 9.92. The Bertz CT molecular complexity index is 1100. The predicted molar refractivity (Wildman–Crippen MR) is 143 cm³/mol. The van der Waals surface area contributed by atoms with Crippen LogP contribution in [0.15, 0.2) is 78.9 Å². The lowest BCUT2D eigenvalue weighted by molar-refractivity contribution is -0.141. The Hall–Kier alpha value is -3.11. The second kappa shape index (κ2) is 13.1. The van der Waals surface area contributed by atoms with Crippen LogP contribution in [0.3, 0.4) is 0 Å². The molecular weight excluding hydrogens is 456 g/mol. The monoisotopic (exact) mass is 490 g/mol. The molecule has 0 aliphatic heterocycles. The molecule has 5 heteroatoms. The van der Waals surface area contributed by atoms with Crippen molar-refractivity contribution in [3.8, 4) is 0 Å². The van der Waals surface area contributed by atoms with Crippen LogP contribution in [0.25, 0.3) is 0 Å². The Labute approximate surface area is 214 Å². The van der Waals surface area contributed by atoms with Crippen LogP contribution >= 0.6 is 11.6 Å². The zero-order valence-electron chi connectivity index (χ0n) is 20.8. The number of carbonyl (C=O) groups excluding carboxylic acids is 2. The van der Waals surface area contributed by atoms with Crippen molar-refractivity contribution in [2.45, 2.75) is 65.1 Å². The molecule has 184 valence electrons. The first-order valence-corrected chi connectivity index (χ1v) is 12.7. The van der Waals surface area contributed by atoms with Gasteiger partial charge in [-0.2, -0.15) is 0 Å². The average Bonchev–Trinajstić information content (AvgIpc) is 2.87. The molecule has 0 unspecified atom stereocenters. The van der Waals surface area contributed by atoms with Crippen molar-refractivity contribution >= 4 is 23.4 Å². The third kappa shape index (κ3) is 7.97. The fourth-order valence-electron chi connectivity index (χ4n) is 3.95. The zero-order chi connectivity index (χ0) is 25.2. The van der Waals surface area contributed by atoms with E-state index < -0.39 is 6.04 Å². The third-order valence-electron chi connectivity index (χ3n) is 6.32. The lowest BCUT2D eigenvalue weighted by Crippen LogP contribution is -2.52. The number of carbonyl (C=O) groups is 2. The maximum atomic E-state index is 13.7. The van der Waals surface area contributed by atoms with Crippen molar-refractivity contribution in [3.05, 3.63) is 106 Å². The third-order valence-corrected chi connectivity index (χ3v) is 6.69. The summed E-state index contributed by atoms with van der Waals surface area (Å²) < 4.78 is 0. The van der Waals surface area contributed by atoms with Crippen LogP contribution in [0.5, 0.6) is 0 Å². The van der Waals surface area contributed by atoms with Crippen LogP contribution < -0.4 is 5.32 Å². The molecule has 0 aromatic heterocycles. The molecule has 2 atom stereocenters. The number of aryl methyl sites for hydroxylation is 2. The van der Waals surface area contributed by atoms with Gasteiger partial charge in [0.1, 0.15) is 6.04 Å². The van der Waals surface area contributed by atoms with Gasteiger partial charge in [0, 0.05) is 30.5 Å². The minimum absolute atomic E-state index is 0.0191. The molecule has 0 bridgehead atoms. The number of hydrogen-bond acceptors (Lipinski definition) is 2. The van der Waals surface area contributed by atoms with Crippen molar-refractivity contribution in [1.29, 1.82) is 0 Å². The van der Waals surface area contributed by atoms with E-state index in [-0.39, 0.29) is 24.4 Å². The van der Waals surface area contributed by atoms with E-state index >= 15 is 0 Å². The van der Waals surface area contributed by atoms with Gasteiger partial charge in [-0.05, 0) is 49.4 Å². The van der Waals surface area contributed by atoms with Gasteiger partial charge in [0.25, 0.3) is 0 Å². The second-order valence-corrected chi connectivity index (χ2v) is 9.53. The molecule has 1 N–H and O–H groups in total. The molecule has 0 fully saturated rings. The largest absolute Gasteiger partial charge is 0.352 e. The molecule has 0 aliphatic carbocycles. The Morgan fingerprint density at radius 2 is 1.57 bits per heavy atom. The number of rotatable bonds is 11. The van der Waals surface area contributed by atoms with Gasteiger partial charge < -0.3 is 10.2 Å². The summed E-state index contributed by atoms with van der Waals surface area (Å²) in [6.07, 6.45) is 2.18. The van der Waals surface area contributed by atoms with Crippen molar-refractivity contribution in [2.75, 3.05) is 0 Å². The van der Waals surface area contributed by atoms with Crippen molar-refractivity contribution in [3.63, 3.8) is 0 Å². The number of benzene rings is 3. The second-order valence-electron chi connectivity index (χ2n) is 9.12. The van der Waals surface area contributed by atoms with Crippen LogP contribution in [0, 0.1) is 6.92 Å². The van der Waals surface area contributed by atoms with E-state index in [0.29, 0.717) is 24.3 Å². The highest BCUT2D eigenvalue weighted by molar-refractivity contribution is 6.31. The smallest absolute Gasteiger partial charge is 0.243 e. The van der Waals surface area contributed by atoms with Gasteiger partial charge in [0.05, 0.1) is 0 Å². The quantitative estimate of drug-likeness (QED) is 0.351. The molecule has 0 spiro atoms. The molecule has 0 saturated heterocycles. The summed E-state index contributed by atoms with van der Waals surface area (Å²) in [5.41, 5.74) is 4.12. The van der Waals surface area contributed by atoms with E-state index in [1.165, 1.54) is 5.56 Å². The van der Waals surface area contributed by atoms with E-state index in [1.807, 2.05) is 75.4 Å². The predicted octanol–water partition coefficient (Wildman–Crippen LogP) is 6.14. The van der Waals surface area contributed by atoms with E-state index in [2.05, 4.69) is 29.6 Å². The number of halogens is 1. The molecule has 3 aromatic carbocycles. The first-order chi connectivity index (χ1) is 16.9. The lowest BCUT2D eigenvalue weighted by Gasteiger charge is -2.32. The van der Waals surface area contributed by atoms with Gasteiger partial charge in [-0.3, -0.25) is 9.59 Å². The molecule has 0 aliphatic rings. The SMILES string of the molecule is CC[C@@H](C)NC(=O)[C@H](Cc1ccccc1)N(Cc1ccccc1Cl)C(=O)CCc1ccc(C)cc1. The van der Waals surface area contributed by atoms with E-state index in [1.54, 1.807) is 4.90 Å². The van der Waals surface area contributed by atoms with Gasteiger partial charge >= 0.3 is 0 Å². The Morgan fingerprint density at radius 3 is 2.23 bits per heavy atom. The maximum absolute atomic E-state index is 13.7. The molecular formula is C30H35ClN2O2. The minimum atomic E-state index is -0.645. The molecule has 0 radical (unpaired) electrons. The van der Waals surface area contributed by atoms with Gasteiger partial charge in [-0.1, -0.05) is 96.9 Å². The highest BCUT2D eigenvalue weighted by Crippen LogP contribution is 2.22. The van der Waals surface area contributed by atoms with Crippen LogP contribution in [-0.4, -0.2) is 28.8 Å². The summed E-state index contributed by atoms with van der Waals surface area (Å²) in [6.45, 7) is 6.34. The van der Waals surface area contributed by atoms with Crippen molar-refractivity contribution < 1.29 is 9.59 Å². The average molecular weight is 491 g/mol. The van der Waals surface area contributed by atoms with E-state index in [4.69, 9.17) is 11.6 Å². The van der Waals surface area contributed by atoms with Crippen molar-refractivity contribution in [1.82, 2.24) is 10.2 Å². The highest BCUT2D eigenvalue weighted by Gasteiger charge is 2.31. The summed E-state index contributed by atoms with van der Waals surface area (Å²) in [4.78, 5) is 28.9. The maximum Gasteiger partial charge on any atom is 0.243 e. The fraction of sp³-hybridized carbons (Fsp3) is 0.333. The van der Waals surface area contributed by atoms with E-state index in [9.17, 15) is 9.59 Å². The standard InChI is InChI=1S/C30H35ClN2O2/c1-4-23(3)32-30(35)28(20-25-10-6-5-7-11-25)33(21-26-12-8-9-13-27(26)31)29(34)19-18-24-16-14-22(2)15-17-24/h5-17,23,28H,4,18-21H2,1-3H3,(H,32,35)/t23-,28+/m1/s1. The summed E-state index contributed by atoms with van der Waals surface area (Å²) in [7, 11) is 0. The molecule has 0 saturated carbocycles. The normalized spacial score (nSPS) is 12.6. The summed E-state index contributed by atoms with van der Waals surface area (Å²) >= 11 is 6.47. The molecule has 0 heterocycles. The molecule has 35 heavy (non-hydrogen) atoms. The minimum Gasteiger partial charge on any atom is -0.352 e. The van der Waals surface area contributed by atoms with Crippen molar-refractivity contribution in [2.24, 2.45) is 0 Å². The first kappa shape index (κ1) is 26.5. The molecule has 3 rings (SSSR count). The first-order valence-electron chi connectivity index (χ1n) is 12.3. The number of nitrogens with one attached hydrogen (secondary N) is 1. The van der Waals surface area contributed by atoms with Gasteiger partial charge in [0.15, 0.2) is 0 Å². The number of hydrogen-bond donors (Lipinski definition) is 1.